The van der Waals surface area contributed by atoms with Crippen LogP contribution in [0.5, 0.6) is 0 Å². The topological polar surface area (TPSA) is 46.4 Å². The number of hydrogen-bond acceptors (Lipinski definition) is 3. The van der Waals surface area contributed by atoms with Gasteiger partial charge in [-0.1, -0.05) is 132 Å². The first-order chi connectivity index (χ1) is 21.5. The second-order valence-corrected chi connectivity index (χ2v) is 10.8. The van der Waals surface area contributed by atoms with Crippen molar-refractivity contribution in [1.82, 2.24) is 0 Å². The summed E-state index contributed by atoms with van der Waals surface area (Å²) in [5.41, 5.74) is 8.41. The van der Waals surface area contributed by atoms with E-state index in [-0.39, 0.29) is 5.69 Å². The van der Waals surface area contributed by atoms with Crippen LogP contribution in [0.4, 0.5) is 22.7 Å². The van der Waals surface area contributed by atoms with Crippen molar-refractivity contribution in [2.75, 3.05) is 4.90 Å². The molecule has 0 aliphatic carbocycles. The average molecular weight is 573 g/mol. The Hall–Kier alpha value is -5.74. The molecule has 0 aromatic heterocycles. The zero-order valence-corrected chi connectivity index (χ0v) is 24.7. The molecule has 0 radical (unpaired) electrons. The number of anilines is 3. The molecule has 0 unspecified atom stereocenters. The van der Waals surface area contributed by atoms with Crippen molar-refractivity contribution in [2.45, 2.75) is 13.8 Å². The molecule has 7 aromatic rings. The van der Waals surface area contributed by atoms with Gasteiger partial charge in [0.2, 0.25) is 0 Å². The summed E-state index contributed by atoms with van der Waals surface area (Å²) < 4.78 is 0. The van der Waals surface area contributed by atoms with Crippen LogP contribution in [0.3, 0.4) is 0 Å². The summed E-state index contributed by atoms with van der Waals surface area (Å²) in [6.07, 6.45) is 0. The molecule has 0 bridgehead atoms. The minimum absolute atomic E-state index is 0.144. The van der Waals surface area contributed by atoms with E-state index in [4.69, 9.17) is 0 Å². The number of nitrogens with zero attached hydrogens (tertiary/aromatic N) is 2. The molecule has 0 saturated heterocycles. The van der Waals surface area contributed by atoms with Crippen LogP contribution in [0.1, 0.15) is 11.1 Å². The van der Waals surface area contributed by atoms with Crippen molar-refractivity contribution in [3.63, 3.8) is 0 Å². The lowest BCUT2D eigenvalue weighted by molar-refractivity contribution is -0.384. The van der Waals surface area contributed by atoms with Gasteiger partial charge in [0, 0.05) is 28.6 Å². The summed E-state index contributed by atoms with van der Waals surface area (Å²) in [7, 11) is 0. The average Bonchev–Trinajstić information content (AvgIpc) is 3.06. The third-order valence-electron chi connectivity index (χ3n) is 7.77. The Kier molecular flexibility index (Phi) is 8.15. The number of nitro groups is 1. The quantitative estimate of drug-likeness (QED) is 0.152. The highest BCUT2D eigenvalue weighted by atomic mass is 16.6. The van der Waals surface area contributed by atoms with Crippen LogP contribution >= 0.6 is 0 Å². The second kappa shape index (κ2) is 12.6. The van der Waals surface area contributed by atoms with Crippen LogP contribution in [-0.2, 0) is 0 Å². The molecular weight excluding hydrogens is 540 g/mol. The van der Waals surface area contributed by atoms with E-state index < -0.39 is 4.92 Å². The van der Waals surface area contributed by atoms with Crippen LogP contribution in [0, 0.1) is 24.0 Å². The zero-order valence-electron chi connectivity index (χ0n) is 24.7. The van der Waals surface area contributed by atoms with Gasteiger partial charge >= 0.3 is 0 Å². The lowest BCUT2D eigenvalue weighted by atomic mass is 10.0. The molecule has 44 heavy (non-hydrogen) atoms. The molecule has 0 saturated carbocycles. The van der Waals surface area contributed by atoms with Crippen LogP contribution in [0.15, 0.2) is 158 Å². The Labute approximate surface area is 257 Å². The highest BCUT2D eigenvalue weighted by Gasteiger charge is 2.17. The Morgan fingerprint density at radius 3 is 1.36 bits per heavy atom. The molecule has 0 aliphatic heterocycles. The second-order valence-electron chi connectivity index (χ2n) is 10.8. The molecule has 214 valence electrons. The summed E-state index contributed by atoms with van der Waals surface area (Å²) in [5, 5.41) is 15.1. The predicted molar refractivity (Wildman–Crippen MR) is 184 cm³/mol. The first kappa shape index (κ1) is 28.4. The van der Waals surface area contributed by atoms with E-state index in [2.05, 4.69) is 145 Å². The summed E-state index contributed by atoms with van der Waals surface area (Å²) in [4.78, 5) is 12.1. The van der Waals surface area contributed by atoms with Gasteiger partial charge in [-0.2, -0.15) is 0 Å². The van der Waals surface area contributed by atoms with Crippen molar-refractivity contribution in [2.24, 2.45) is 0 Å². The third kappa shape index (κ3) is 6.06. The minimum Gasteiger partial charge on any atom is -0.309 e. The van der Waals surface area contributed by atoms with Crippen molar-refractivity contribution in [1.29, 1.82) is 0 Å². The summed E-state index contributed by atoms with van der Waals surface area (Å²) in [5.74, 6) is 0. The molecule has 7 aromatic carbocycles. The van der Waals surface area contributed by atoms with E-state index in [1.807, 2.05) is 6.92 Å². The van der Waals surface area contributed by atoms with Gasteiger partial charge in [0.1, 0.15) is 0 Å². The number of rotatable bonds is 5. The number of benzene rings is 7. The molecule has 0 fully saturated rings. The minimum atomic E-state index is -0.403. The van der Waals surface area contributed by atoms with Gasteiger partial charge in [0.15, 0.2) is 0 Å². The third-order valence-corrected chi connectivity index (χ3v) is 7.77. The fraction of sp³-hybridized carbons (Fsp3) is 0.0500. The lowest BCUT2D eigenvalue weighted by Gasteiger charge is -2.28. The first-order valence-corrected chi connectivity index (χ1v) is 14.6. The molecule has 0 atom stereocenters. The van der Waals surface area contributed by atoms with Crippen LogP contribution in [-0.4, -0.2) is 4.92 Å². The van der Waals surface area contributed by atoms with E-state index in [1.54, 1.807) is 12.1 Å². The fourth-order valence-electron chi connectivity index (χ4n) is 5.43. The Morgan fingerprint density at radius 2 is 0.886 bits per heavy atom. The highest BCUT2D eigenvalue weighted by Crippen LogP contribution is 2.42. The number of hydrogen-bond donors (Lipinski definition) is 0. The van der Waals surface area contributed by atoms with Gasteiger partial charge in [-0.3, -0.25) is 10.1 Å². The zero-order chi connectivity index (χ0) is 30.5. The normalized spacial score (nSPS) is 10.7. The summed E-state index contributed by atoms with van der Waals surface area (Å²) in [6.45, 7) is 4.02. The van der Waals surface area contributed by atoms with Crippen LogP contribution < -0.4 is 4.90 Å². The fourth-order valence-corrected chi connectivity index (χ4v) is 5.43. The van der Waals surface area contributed by atoms with Crippen molar-refractivity contribution >= 4 is 44.3 Å². The molecule has 0 N–H and O–H groups in total. The van der Waals surface area contributed by atoms with Crippen molar-refractivity contribution in [3.8, 4) is 11.1 Å². The SMILES string of the molecule is Cc1ccc(-c2ccc(N(c3cccc4ccccc34)c3cccc4ccccc34)cc2)cc1.Cc1ccc([N+](=O)[O-])cc1. The van der Waals surface area contributed by atoms with Gasteiger partial charge in [-0.05, 0) is 60.0 Å². The standard InChI is InChI=1S/C33H25N.C7H7NO2/c1-24-16-18-25(19-17-24)26-20-22-29(23-21-26)34(32-14-6-10-27-8-2-4-12-30(27)32)33-15-7-11-28-9-3-5-13-31(28)33;1-6-2-4-7(5-3-6)8(9)10/h2-23H,1H3;2-5H,1H3. The molecular formula is C40H32N2O2. The maximum atomic E-state index is 10.1. The molecule has 0 spiro atoms. The molecule has 4 nitrogen and oxygen atoms in total. The maximum Gasteiger partial charge on any atom is 0.269 e. The largest absolute Gasteiger partial charge is 0.309 e. The van der Waals surface area contributed by atoms with E-state index >= 15 is 0 Å². The summed E-state index contributed by atoms with van der Waals surface area (Å²) in [6, 6.07) is 54.4. The Bertz CT molecular complexity index is 1960. The van der Waals surface area contributed by atoms with Crippen molar-refractivity contribution < 1.29 is 4.92 Å². The Morgan fingerprint density at radius 1 is 0.477 bits per heavy atom. The van der Waals surface area contributed by atoms with Crippen LogP contribution in [0.2, 0.25) is 0 Å². The van der Waals surface area contributed by atoms with E-state index in [9.17, 15) is 10.1 Å². The molecule has 0 heterocycles. The van der Waals surface area contributed by atoms with E-state index in [0.717, 1.165) is 11.3 Å². The number of non-ortho nitro benzene ring substituents is 1. The highest BCUT2D eigenvalue weighted by molar-refractivity contribution is 6.04. The maximum absolute atomic E-state index is 10.1. The molecule has 0 amide bonds. The monoisotopic (exact) mass is 572 g/mol. The van der Waals surface area contributed by atoms with E-state index in [0.29, 0.717) is 0 Å². The number of fused-ring (bicyclic) bond motifs is 2. The molecule has 0 aliphatic rings. The number of aryl methyl sites for hydroxylation is 2. The van der Waals surface area contributed by atoms with Gasteiger partial charge < -0.3 is 4.90 Å². The van der Waals surface area contributed by atoms with Crippen molar-refractivity contribution in [3.05, 3.63) is 179 Å². The van der Waals surface area contributed by atoms with Gasteiger partial charge in [0.05, 0.1) is 16.3 Å². The summed E-state index contributed by atoms with van der Waals surface area (Å²) >= 11 is 0. The predicted octanol–water partition coefficient (Wildman–Crippen LogP) is 11.3. The number of nitro benzene ring substituents is 1. The first-order valence-electron chi connectivity index (χ1n) is 14.6. The smallest absolute Gasteiger partial charge is 0.269 e. The van der Waals surface area contributed by atoms with Gasteiger partial charge in [0.25, 0.3) is 5.69 Å². The van der Waals surface area contributed by atoms with Gasteiger partial charge in [-0.25, -0.2) is 0 Å². The molecule has 4 heteroatoms. The van der Waals surface area contributed by atoms with Crippen LogP contribution in [0.25, 0.3) is 32.7 Å². The lowest BCUT2D eigenvalue weighted by Crippen LogP contribution is -2.11. The van der Waals surface area contributed by atoms with Gasteiger partial charge in [-0.15, -0.1) is 0 Å². The van der Waals surface area contributed by atoms with E-state index in [1.165, 1.54) is 61.7 Å². The molecule has 7 rings (SSSR count). The Balaban J connectivity index is 0.000000294.